The Morgan fingerprint density at radius 3 is 2.53 bits per heavy atom. The van der Waals surface area contributed by atoms with E-state index in [2.05, 4.69) is 20.2 Å². The molecule has 1 aromatic carbocycles. The van der Waals surface area contributed by atoms with E-state index in [1.807, 2.05) is 32.0 Å². The Hall–Kier alpha value is -2.93. The molecule has 0 spiro atoms. The van der Waals surface area contributed by atoms with Gasteiger partial charge in [0.2, 0.25) is 0 Å². The highest BCUT2D eigenvalue weighted by Gasteiger charge is 2.21. The molecule has 1 aliphatic heterocycles. The number of aryl methyl sites for hydroxylation is 1. The number of likely N-dealkylation sites (tertiary alicyclic amines) is 1. The third kappa shape index (κ3) is 4.62. The first-order valence-electron chi connectivity index (χ1n) is 10.2. The summed E-state index contributed by atoms with van der Waals surface area (Å²) >= 11 is 0. The van der Waals surface area contributed by atoms with Crippen molar-refractivity contribution in [2.75, 3.05) is 18.4 Å². The molecule has 3 heterocycles. The van der Waals surface area contributed by atoms with Gasteiger partial charge >= 0.3 is 0 Å². The number of benzene rings is 1. The Labute approximate surface area is 175 Å². The second-order valence-electron chi connectivity index (χ2n) is 7.76. The monoisotopic (exact) mass is 409 g/mol. The van der Waals surface area contributed by atoms with Gasteiger partial charge in [0.25, 0.3) is 0 Å². The Bertz CT molecular complexity index is 1020. The number of nitrogens with zero attached hydrogens (tertiary/aromatic N) is 4. The number of hydrogen-bond donors (Lipinski definition) is 1. The molecule has 0 radical (unpaired) electrons. The predicted octanol–water partition coefficient (Wildman–Crippen LogP) is 4.51. The van der Waals surface area contributed by atoms with Crippen LogP contribution in [0.5, 0.6) is 0 Å². The van der Waals surface area contributed by atoms with Gasteiger partial charge in [0.1, 0.15) is 11.5 Å². The number of nitrogens with one attached hydrogen (secondary N) is 1. The second-order valence-corrected chi connectivity index (χ2v) is 7.76. The Balaban J connectivity index is 1.40. The highest BCUT2D eigenvalue weighted by molar-refractivity contribution is 5.56. The van der Waals surface area contributed by atoms with Crippen molar-refractivity contribution in [1.82, 2.24) is 19.9 Å². The fraction of sp³-hybridized carbons (Fsp3) is 0.348. The third-order valence-corrected chi connectivity index (χ3v) is 5.60. The van der Waals surface area contributed by atoms with Gasteiger partial charge in [0.05, 0.1) is 0 Å². The second kappa shape index (κ2) is 8.83. The molecule has 7 heteroatoms. The summed E-state index contributed by atoms with van der Waals surface area (Å²) in [6, 6.07) is 10.1. The number of aromatic nitrogens is 3. The Morgan fingerprint density at radius 2 is 1.83 bits per heavy atom. The fourth-order valence-corrected chi connectivity index (χ4v) is 3.70. The van der Waals surface area contributed by atoms with E-state index >= 15 is 0 Å². The maximum atomic E-state index is 13.4. The van der Waals surface area contributed by atoms with Crippen LogP contribution in [0, 0.1) is 25.5 Å². The molecule has 2 aromatic heterocycles. The first-order valence-corrected chi connectivity index (χ1v) is 10.2. The van der Waals surface area contributed by atoms with Crippen LogP contribution in [-0.4, -0.2) is 39.0 Å². The van der Waals surface area contributed by atoms with Crippen molar-refractivity contribution in [2.45, 2.75) is 39.3 Å². The summed E-state index contributed by atoms with van der Waals surface area (Å²) in [4.78, 5) is 15.9. The fourth-order valence-electron chi connectivity index (χ4n) is 3.70. The lowest BCUT2D eigenvalue weighted by molar-refractivity contribution is 0.211. The molecule has 1 saturated heterocycles. The maximum absolute atomic E-state index is 13.4. The topological polar surface area (TPSA) is 53.9 Å². The van der Waals surface area contributed by atoms with Crippen LogP contribution in [0.2, 0.25) is 0 Å². The molecule has 30 heavy (non-hydrogen) atoms. The number of hydrogen-bond acceptors (Lipinski definition) is 5. The zero-order valence-electron chi connectivity index (χ0n) is 17.2. The Kier molecular flexibility index (Phi) is 5.99. The quantitative estimate of drug-likeness (QED) is 0.672. The van der Waals surface area contributed by atoms with Gasteiger partial charge in [0, 0.05) is 43.1 Å². The summed E-state index contributed by atoms with van der Waals surface area (Å²) in [5.74, 6) is -0.121. The van der Waals surface area contributed by atoms with Crippen molar-refractivity contribution in [1.29, 1.82) is 0 Å². The van der Waals surface area contributed by atoms with Crippen molar-refractivity contribution in [3.63, 3.8) is 0 Å². The molecule has 0 unspecified atom stereocenters. The van der Waals surface area contributed by atoms with Gasteiger partial charge in [-0.1, -0.05) is 12.1 Å². The number of anilines is 1. The summed E-state index contributed by atoms with van der Waals surface area (Å²) in [6.07, 6.45) is 3.64. The highest BCUT2D eigenvalue weighted by atomic mass is 19.2. The lowest BCUT2D eigenvalue weighted by atomic mass is 10.0. The summed E-state index contributed by atoms with van der Waals surface area (Å²) in [7, 11) is 0. The molecule has 0 atom stereocenters. The number of pyridine rings is 1. The number of piperidine rings is 1. The van der Waals surface area contributed by atoms with Crippen molar-refractivity contribution in [3.8, 4) is 11.5 Å². The normalized spacial score (nSPS) is 15.3. The van der Waals surface area contributed by atoms with Crippen LogP contribution in [0.25, 0.3) is 11.5 Å². The van der Waals surface area contributed by atoms with Crippen LogP contribution in [-0.2, 0) is 6.54 Å². The SMILES string of the molecule is Cc1nc(-c2ccccn2)nc(NC2CCN(Cc3ccc(F)c(F)c3)CC2)c1C. The average molecular weight is 409 g/mol. The summed E-state index contributed by atoms with van der Waals surface area (Å²) in [5, 5.41) is 3.59. The molecule has 0 amide bonds. The highest BCUT2D eigenvalue weighted by Crippen LogP contribution is 2.24. The third-order valence-electron chi connectivity index (χ3n) is 5.60. The van der Waals surface area contributed by atoms with Crippen LogP contribution >= 0.6 is 0 Å². The molecule has 3 aromatic rings. The van der Waals surface area contributed by atoms with Gasteiger partial charge in [-0.15, -0.1) is 0 Å². The lowest BCUT2D eigenvalue weighted by Crippen LogP contribution is -2.39. The van der Waals surface area contributed by atoms with E-state index in [0.717, 1.165) is 54.3 Å². The van der Waals surface area contributed by atoms with Crippen LogP contribution in [0.1, 0.15) is 29.7 Å². The van der Waals surface area contributed by atoms with E-state index in [0.29, 0.717) is 18.4 Å². The first kappa shape index (κ1) is 20.3. The molecule has 1 N–H and O–H groups in total. The van der Waals surface area contributed by atoms with E-state index in [1.54, 1.807) is 12.3 Å². The molecule has 0 aliphatic carbocycles. The van der Waals surface area contributed by atoms with Crippen molar-refractivity contribution in [2.24, 2.45) is 0 Å². The van der Waals surface area contributed by atoms with E-state index in [-0.39, 0.29) is 0 Å². The minimum atomic E-state index is -0.803. The van der Waals surface area contributed by atoms with E-state index in [1.165, 1.54) is 12.1 Å². The number of rotatable bonds is 5. The van der Waals surface area contributed by atoms with Gasteiger partial charge in [-0.2, -0.15) is 0 Å². The standard InChI is InChI=1S/C23H25F2N5/c1-15-16(2)27-23(21-5-3-4-10-26-21)29-22(15)28-18-8-11-30(12-9-18)14-17-6-7-19(24)20(25)13-17/h3-7,10,13,18H,8-9,11-12,14H2,1-2H3,(H,27,28,29). The molecular weight excluding hydrogens is 384 g/mol. The molecule has 156 valence electrons. The predicted molar refractivity (Wildman–Crippen MR) is 113 cm³/mol. The van der Waals surface area contributed by atoms with Crippen molar-refractivity contribution in [3.05, 3.63) is 71.1 Å². The van der Waals surface area contributed by atoms with Crippen molar-refractivity contribution < 1.29 is 8.78 Å². The molecule has 1 fully saturated rings. The van der Waals surface area contributed by atoms with Crippen LogP contribution < -0.4 is 5.32 Å². The van der Waals surface area contributed by atoms with Gasteiger partial charge in [-0.05, 0) is 56.5 Å². The molecule has 1 aliphatic rings. The van der Waals surface area contributed by atoms with Crippen molar-refractivity contribution >= 4 is 5.82 Å². The first-order chi connectivity index (χ1) is 14.5. The maximum Gasteiger partial charge on any atom is 0.180 e. The molecule has 4 rings (SSSR count). The van der Waals surface area contributed by atoms with E-state index < -0.39 is 11.6 Å². The largest absolute Gasteiger partial charge is 0.367 e. The smallest absolute Gasteiger partial charge is 0.180 e. The molecule has 0 saturated carbocycles. The molecule has 0 bridgehead atoms. The van der Waals surface area contributed by atoms with Gasteiger partial charge in [-0.25, -0.2) is 18.7 Å². The van der Waals surface area contributed by atoms with Gasteiger partial charge < -0.3 is 5.32 Å². The average Bonchev–Trinajstić information content (AvgIpc) is 2.76. The van der Waals surface area contributed by atoms with E-state index in [4.69, 9.17) is 4.98 Å². The van der Waals surface area contributed by atoms with E-state index in [9.17, 15) is 8.78 Å². The molecule has 5 nitrogen and oxygen atoms in total. The zero-order valence-corrected chi connectivity index (χ0v) is 17.2. The molecular formula is C23H25F2N5. The number of halogens is 2. The minimum Gasteiger partial charge on any atom is -0.367 e. The van der Waals surface area contributed by atoms with Gasteiger partial charge in [-0.3, -0.25) is 9.88 Å². The van der Waals surface area contributed by atoms with Gasteiger partial charge in [0.15, 0.2) is 17.5 Å². The van der Waals surface area contributed by atoms with Crippen LogP contribution in [0.3, 0.4) is 0 Å². The summed E-state index contributed by atoms with van der Waals surface area (Å²) in [5.41, 5.74) is 3.52. The Morgan fingerprint density at radius 1 is 1.03 bits per heavy atom. The van der Waals surface area contributed by atoms with Crippen LogP contribution in [0.15, 0.2) is 42.6 Å². The minimum absolute atomic E-state index is 0.302. The lowest BCUT2D eigenvalue weighted by Gasteiger charge is -2.33. The summed E-state index contributed by atoms with van der Waals surface area (Å²) in [6.45, 7) is 6.40. The zero-order chi connectivity index (χ0) is 21.1. The summed E-state index contributed by atoms with van der Waals surface area (Å²) < 4.78 is 26.6. The van der Waals surface area contributed by atoms with Crippen LogP contribution in [0.4, 0.5) is 14.6 Å².